The first kappa shape index (κ1) is 11.0. The molecule has 3 rings (SSSR count). The van der Waals surface area contributed by atoms with E-state index in [0.29, 0.717) is 22.9 Å². The molecule has 1 N–H and O–H groups in total. The van der Waals surface area contributed by atoms with Crippen molar-refractivity contribution < 1.29 is 17.9 Å². The normalized spacial score (nSPS) is 13.1. The molecule has 1 aliphatic rings. The van der Waals surface area contributed by atoms with Crippen molar-refractivity contribution >= 4 is 11.4 Å². The summed E-state index contributed by atoms with van der Waals surface area (Å²) in [7, 11) is 0. The van der Waals surface area contributed by atoms with Gasteiger partial charge >= 0.3 is 6.18 Å². The molecule has 2 aromatic carbocycles. The van der Waals surface area contributed by atoms with Gasteiger partial charge in [0, 0.05) is 0 Å². The quantitative estimate of drug-likeness (QED) is 0.632. The number of hydrogen-bond donors (Lipinski definition) is 1. The third-order valence-electron chi connectivity index (χ3n) is 2.68. The van der Waals surface area contributed by atoms with Crippen LogP contribution in [0.3, 0.4) is 0 Å². The van der Waals surface area contributed by atoms with E-state index in [9.17, 15) is 13.2 Å². The molecule has 5 heteroatoms. The first-order valence-corrected chi connectivity index (χ1v) is 5.29. The molecule has 0 bridgehead atoms. The summed E-state index contributed by atoms with van der Waals surface area (Å²) < 4.78 is 43.3. The first-order valence-electron chi connectivity index (χ1n) is 5.29. The molecule has 18 heavy (non-hydrogen) atoms. The molecule has 1 heterocycles. The lowest BCUT2D eigenvalue weighted by Gasteiger charge is -2.22. The number of nitrogens with one attached hydrogen (secondary N) is 1. The number of alkyl halides is 3. The van der Waals surface area contributed by atoms with Gasteiger partial charge < -0.3 is 10.1 Å². The van der Waals surface area contributed by atoms with Gasteiger partial charge in [0.1, 0.15) is 0 Å². The highest BCUT2D eigenvalue weighted by Gasteiger charge is 2.31. The van der Waals surface area contributed by atoms with Gasteiger partial charge in [0.15, 0.2) is 11.5 Å². The Morgan fingerprint density at radius 1 is 0.889 bits per heavy atom. The minimum atomic E-state index is -4.35. The molecule has 0 saturated heterocycles. The Balaban J connectivity index is 2.04. The average Bonchev–Trinajstić information content (AvgIpc) is 2.34. The highest BCUT2D eigenvalue weighted by Crippen LogP contribution is 2.43. The standard InChI is InChI=1S/C13H8F3NO/c14-13(15,16)8-5-6-12-10(7-8)17-9-3-1-2-4-11(9)18-12/h1-7,17H. The average molecular weight is 251 g/mol. The van der Waals surface area contributed by atoms with E-state index in [1.807, 2.05) is 0 Å². The predicted octanol–water partition coefficient (Wildman–Crippen LogP) is 4.55. The molecule has 0 unspecified atom stereocenters. The second-order valence-corrected chi connectivity index (χ2v) is 3.93. The van der Waals surface area contributed by atoms with Gasteiger partial charge in [-0.2, -0.15) is 13.2 Å². The van der Waals surface area contributed by atoms with Crippen molar-refractivity contribution in [2.75, 3.05) is 5.32 Å². The fourth-order valence-corrected chi connectivity index (χ4v) is 1.82. The molecule has 0 amide bonds. The summed E-state index contributed by atoms with van der Waals surface area (Å²) >= 11 is 0. The first-order chi connectivity index (χ1) is 8.54. The number of halogens is 3. The number of anilines is 2. The number of rotatable bonds is 0. The molecule has 2 aromatic rings. The van der Waals surface area contributed by atoms with Gasteiger partial charge in [0.2, 0.25) is 0 Å². The summed E-state index contributed by atoms with van der Waals surface area (Å²) in [6, 6.07) is 10.5. The Labute approximate surface area is 101 Å². The van der Waals surface area contributed by atoms with Gasteiger partial charge in [-0.15, -0.1) is 0 Å². The largest absolute Gasteiger partial charge is 0.453 e. The van der Waals surface area contributed by atoms with E-state index in [-0.39, 0.29) is 0 Å². The van der Waals surface area contributed by atoms with Crippen LogP contribution in [0.4, 0.5) is 24.5 Å². The summed E-state index contributed by atoms with van der Waals surface area (Å²) in [5.41, 5.74) is 0.282. The van der Waals surface area contributed by atoms with Gasteiger partial charge in [0.25, 0.3) is 0 Å². The third kappa shape index (κ3) is 1.77. The van der Waals surface area contributed by atoms with Crippen LogP contribution in [0.2, 0.25) is 0 Å². The molecule has 0 radical (unpaired) electrons. The van der Waals surface area contributed by atoms with Crippen LogP contribution in [0.15, 0.2) is 42.5 Å². The van der Waals surface area contributed by atoms with Crippen LogP contribution >= 0.6 is 0 Å². The monoisotopic (exact) mass is 251 g/mol. The molecule has 0 spiro atoms. The Morgan fingerprint density at radius 2 is 1.61 bits per heavy atom. The van der Waals surface area contributed by atoms with E-state index < -0.39 is 11.7 Å². The highest BCUT2D eigenvalue weighted by atomic mass is 19.4. The smallest absolute Gasteiger partial charge is 0.416 e. The van der Waals surface area contributed by atoms with Crippen molar-refractivity contribution in [1.82, 2.24) is 0 Å². The molecule has 92 valence electrons. The lowest BCUT2D eigenvalue weighted by atomic mass is 10.1. The number of hydrogen-bond acceptors (Lipinski definition) is 2. The zero-order valence-corrected chi connectivity index (χ0v) is 9.08. The van der Waals surface area contributed by atoms with E-state index in [1.165, 1.54) is 6.07 Å². The SMILES string of the molecule is FC(F)(F)c1ccc2c(c1)Nc1ccccc1O2. The maximum absolute atomic E-state index is 12.6. The molecular weight excluding hydrogens is 243 g/mol. The van der Waals surface area contributed by atoms with Gasteiger partial charge in [0.05, 0.1) is 16.9 Å². The number of fused-ring (bicyclic) bond motifs is 2. The van der Waals surface area contributed by atoms with Crippen LogP contribution in [0.25, 0.3) is 0 Å². The van der Waals surface area contributed by atoms with Crippen LogP contribution < -0.4 is 10.1 Å². The van der Waals surface area contributed by atoms with E-state index in [0.717, 1.165) is 12.1 Å². The maximum Gasteiger partial charge on any atom is 0.416 e. The lowest BCUT2D eigenvalue weighted by molar-refractivity contribution is -0.137. The second-order valence-electron chi connectivity index (χ2n) is 3.93. The molecule has 0 saturated carbocycles. The zero-order valence-electron chi connectivity index (χ0n) is 9.08. The third-order valence-corrected chi connectivity index (χ3v) is 2.68. The summed E-state index contributed by atoms with van der Waals surface area (Å²) in [6.07, 6.45) is -4.35. The number of ether oxygens (including phenoxy) is 1. The summed E-state index contributed by atoms with van der Waals surface area (Å²) in [6.45, 7) is 0. The van der Waals surface area contributed by atoms with Crippen molar-refractivity contribution in [2.24, 2.45) is 0 Å². The minimum Gasteiger partial charge on any atom is -0.453 e. The Bertz CT molecular complexity index is 607. The topological polar surface area (TPSA) is 21.3 Å². The summed E-state index contributed by atoms with van der Waals surface area (Å²) in [4.78, 5) is 0. The lowest BCUT2D eigenvalue weighted by Crippen LogP contribution is -2.08. The molecule has 2 nitrogen and oxygen atoms in total. The second kappa shape index (κ2) is 3.66. The van der Waals surface area contributed by atoms with Gasteiger partial charge in [-0.3, -0.25) is 0 Å². The predicted molar refractivity (Wildman–Crippen MR) is 61.2 cm³/mol. The zero-order chi connectivity index (χ0) is 12.8. The highest BCUT2D eigenvalue weighted by molar-refractivity contribution is 5.75. The van der Waals surface area contributed by atoms with Crippen molar-refractivity contribution in [3.8, 4) is 11.5 Å². The molecule has 0 aliphatic carbocycles. The number of benzene rings is 2. The molecule has 0 fully saturated rings. The van der Waals surface area contributed by atoms with Crippen molar-refractivity contribution in [3.05, 3.63) is 48.0 Å². The summed E-state index contributed by atoms with van der Waals surface area (Å²) in [5.74, 6) is 0.992. The van der Waals surface area contributed by atoms with E-state index in [1.54, 1.807) is 24.3 Å². The van der Waals surface area contributed by atoms with Gasteiger partial charge in [-0.25, -0.2) is 0 Å². The Kier molecular flexibility index (Phi) is 2.23. The van der Waals surface area contributed by atoms with Crippen LogP contribution in [0.5, 0.6) is 11.5 Å². The van der Waals surface area contributed by atoms with Crippen LogP contribution in [-0.2, 0) is 6.18 Å². The fraction of sp³-hybridized carbons (Fsp3) is 0.0769. The summed E-state index contributed by atoms with van der Waals surface area (Å²) in [5, 5.41) is 2.93. The molecule has 1 aliphatic heterocycles. The van der Waals surface area contributed by atoms with Crippen molar-refractivity contribution in [2.45, 2.75) is 6.18 Å². The molecular formula is C13H8F3NO. The Hall–Kier alpha value is -2.17. The van der Waals surface area contributed by atoms with E-state index in [2.05, 4.69) is 5.32 Å². The van der Waals surface area contributed by atoms with Crippen LogP contribution in [0, 0.1) is 0 Å². The van der Waals surface area contributed by atoms with E-state index >= 15 is 0 Å². The van der Waals surface area contributed by atoms with Gasteiger partial charge in [-0.05, 0) is 30.3 Å². The van der Waals surface area contributed by atoms with Crippen molar-refractivity contribution in [3.63, 3.8) is 0 Å². The molecule has 0 atom stereocenters. The van der Waals surface area contributed by atoms with E-state index in [4.69, 9.17) is 4.74 Å². The van der Waals surface area contributed by atoms with Gasteiger partial charge in [-0.1, -0.05) is 12.1 Å². The minimum absolute atomic E-state index is 0.323. The number of para-hydroxylation sites is 2. The Morgan fingerprint density at radius 3 is 2.39 bits per heavy atom. The molecule has 0 aromatic heterocycles. The maximum atomic E-state index is 12.6. The van der Waals surface area contributed by atoms with Crippen LogP contribution in [-0.4, -0.2) is 0 Å². The van der Waals surface area contributed by atoms with Crippen molar-refractivity contribution in [1.29, 1.82) is 0 Å². The fourth-order valence-electron chi connectivity index (χ4n) is 1.82. The van der Waals surface area contributed by atoms with Crippen LogP contribution in [0.1, 0.15) is 5.56 Å².